The van der Waals surface area contributed by atoms with Gasteiger partial charge in [-0.1, -0.05) is 0 Å². The molecule has 6 atom stereocenters. The number of carbonyl (C=O) groups excluding carboxylic acids is 1. The van der Waals surface area contributed by atoms with Gasteiger partial charge in [0, 0.05) is 26.2 Å². The van der Waals surface area contributed by atoms with Crippen molar-refractivity contribution in [1.29, 1.82) is 0 Å². The predicted octanol–water partition coefficient (Wildman–Crippen LogP) is 3.91. The van der Waals surface area contributed by atoms with Crippen LogP contribution in [0.5, 0.6) is 0 Å². The summed E-state index contributed by atoms with van der Waals surface area (Å²) in [4.78, 5) is 14.9. The van der Waals surface area contributed by atoms with Gasteiger partial charge in [0.1, 0.15) is 23.3 Å². The Morgan fingerprint density at radius 3 is 2.11 bits per heavy atom. The van der Waals surface area contributed by atoms with Gasteiger partial charge in [0.2, 0.25) is 11.6 Å². The van der Waals surface area contributed by atoms with Crippen molar-refractivity contribution in [3.05, 3.63) is 35.4 Å². The third-order valence-corrected chi connectivity index (χ3v) is 7.52. The molecule has 0 bridgehead atoms. The summed E-state index contributed by atoms with van der Waals surface area (Å²) in [5.41, 5.74) is -1.54. The van der Waals surface area contributed by atoms with Crippen LogP contribution in [0.3, 0.4) is 0 Å². The monoisotopic (exact) mass is 499 g/mol. The van der Waals surface area contributed by atoms with Gasteiger partial charge >= 0.3 is 6.09 Å². The molecule has 1 saturated carbocycles. The predicted molar refractivity (Wildman–Crippen MR) is 120 cm³/mol. The molecule has 0 radical (unpaired) electrons. The molecule has 2 aliphatic heterocycles. The first-order valence-corrected chi connectivity index (χ1v) is 11.8. The van der Waals surface area contributed by atoms with Crippen molar-refractivity contribution in [2.24, 2.45) is 5.92 Å². The number of aliphatic hydroxyl groups excluding tert-OH is 1. The average Bonchev–Trinajstić information content (AvgIpc) is 3.53. The second-order valence-corrected chi connectivity index (χ2v) is 10.9. The van der Waals surface area contributed by atoms with Gasteiger partial charge in [0.15, 0.2) is 0 Å². The third-order valence-electron chi connectivity index (χ3n) is 7.52. The molecule has 3 aliphatic rings. The fourth-order valence-electron chi connectivity index (χ4n) is 5.40. The standard InChI is InChI=1S/C25H35F2NO7/c1-22(2,3)35-21(30)28-13-17-20(34-24(5,32-7)23(4,31-6)33-17)18(25(28)8-9-25)19(29)14-10-15(26)12-16(27)11-14/h10-12,17-20,29H,8-9,13H2,1-7H3/t17-,18-,19+,20+,23+,24+/m1/s1. The Hall–Kier alpha value is -1.85. The molecule has 1 aromatic carbocycles. The summed E-state index contributed by atoms with van der Waals surface area (Å²) in [6.07, 6.45) is -2.31. The Labute approximate surface area is 204 Å². The van der Waals surface area contributed by atoms with E-state index in [-0.39, 0.29) is 12.1 Å². The molecule has 1 N–H and O–H groups in total. The number of benzene rings is 1. The summed E-state index contributed by atoms with van der Waals surface area (Å²) in [5, 5.41) is 11.6. The van der Waals surface area contributed by atoms with E-state index in [1.807, 2.05) is 0 Å². The Kier molecular flexibility index (Phi) is 6.46. The molecule has 2 saturated heterocycles. The SMILES string of the molecule is CO[C@@]1(C)O[C@@H]2[C@@H]([C@@H](O)c3cc(F)cc(F)c3)C3(CC3)N(C(=O)OC(C)(C)C)C[C@H]2O[C@]1(C)OC. The highest BCUT2D eigenvalue weighted by molar-refractivity contribution is 5.70. The molecular weight excluding hydrogens is 464 g/mol. The number of likely N-dealkylation sites (tertiary alicyclic amines) is 1. The summed E-state index contributed by atoms with van der Waals surface area (Å²) >= 11 is 0. The van der Waals surface area contributed by atoms with Crippen molar-refractivity contribution in [2.45, 2.75) is 88.5 Å². The number of aliphatic hydroxyl groups is 1. The smallest absolute Gasteiger partial charge is 0.410 e. The molecule has 4 rings (SSSR count). The maximum atomic E-state index is 14.1. The molecule has 10 heteroatoms. The molecule has 1 spiro atoms. The van der Waals surface area contributed by atoms with Crippen LogP contribution < -0.4 is 0 Å². The Morgan fingerprint density at radius 1 is 1.09 bits per heavy atom. The number of fused-ring (bicyclic) bond motifs is 1. The minimum Gasteiger partial charge on any atom is -0.444 e. The van der Waals surface area contributed by atoms with Crippen molar-refractivity contribution in [1.82, 2.24) is 4.90 Å². The molecule has 1 aliphatic carbocycles. The van der Waals surface area contributed by atoms with Crippen LogP contribution in [0.1, 0.15) is 59.1 Å². The van der Waals surface area contributed by atoms with Crippen LogP contribution in [0.4, 0.5) is 13.6 Å². The van der Waals surface area contributed by atoms with Crippen molar-refractivity contribution < 1.29 is 42.4 Å². The first-order chi connectivity index (χ1) is 16.2. The van der Waals surface area contributed by atoms with Crippen LogP contribution >= 0.6 is 0 Å². The van der Waals surface area contributed by atoms with E-state index in [4.69, 9.17) is 23.7 Å². The van der Waals surface area contributed by atoms with Crippen LogP contribution in [-0.2, 0) is 23.7 Å². The Morgan fingerprint density at radius 2 is 1.63 bits per heavy atom. The molecule has 1 amide bonds. The summed E-state index contributed by atoms with van der Waals surface area (Å²) in [6.45, 7) is 8.76. The van der Waals surface area contributed by atoms with Crippen LogP contribution in [0.25, 0.3) is 0 Å². The number of hydrogen-bond donors (Lipinski definition) is 1. The molecule has 0 unspecified atom stereocenters. The normalized spacial score (nSPS) is 34.9. The van der Waals surface area contributed by atoms with Crippen LogP contribution in [0.15, 0.2) is 18.2 Å². The van der Waals surface area contributed by atoms with E-state index in [9.17, 15) is 18.7 Å². The maximum absolute atomic E-state index is 14.1. The number of halogens is 2. The minimum atomic E-state index is -1.36. The lowest BCUT2D eigenvalue weighted by molar-refractivity contribution is -0.460. The van der Waals surface area contributed by atoms with E-state index in [1.165, 1.54) is 14.2 Å². The highest BCUT2D eigenvalue weighted by atomic mass is 19.1. The highest BCUT2D eigenvalue weighted by Crippen LogP contribution is 2.59. The molecule has 0 aromatic heterocycles. The van der Waals surface area contributed by atoms with E-state index in [0.29, 0.717) is 12.8 Å². The Balaban J connectivity index is 1.79. The number of piperidine rings is 1. The zero-order chi connectivity index (χ0) is 26.0. The summed E-state index contributed by atoms with van der Waals surface area (Å²) in [5.74, 6) is -5.11. The number of hydrogen-bond acceptors (Lipinski definition) is 7. The Bertz CT molecular complexity index is 961. The molecular formula is C25H35F2NO7. The summed E-state index contributed by atoms with van der Waals surface area (Å²) < 4.78 is 57.9. The lowest BCUT2D eigenvalue weighted by Crippen LogP contribution is -2.73. The number of nitrogens with zero attached hydrogens (tertiary/aromatic N) is 1. The van der Waals surface area contributed by atoms with Gasteiger partial charge in [-0.2, -0.15) is 0 Å². The molecule has 35 heavy (non-hydrogen) atoms. The first-order valence-electron chi connectivity index (χ1n) is 11.8. The zero-order valence-corrected chi connectivity index (χ0v) is 21.3. The van der Waals surface area contributed by atoms with Gasteiger partial charge in [0.25, 0.3) is 0 Å². The number of rotatable bonds is 4. The number of amides is 1. The lowest BCUT2D eigenvalue weighted by Gasteiger charge is -2.59. The third kappa shape index (κ3) is 4.44. The lowest BCUT2D eigenvalue weighted by atomic mass is 9.75. The van der Waals surface area contributed by atoms with Crippen LogP contribution in [-0.4, -0.2) is 71.8 Å². The highest BCUT2D eigenvalue weighted by Gasteiger charge is 2.70. The fraction of sp³-hybridized carbons (Fsp3) is 0.720. The quantitative estimate of drug-likeness (QED) is 0.672. The van der Waals surface area contributed by atoms with E-state index in [2.05, 4.69) is 0 Å². The fourth-order valence-corrected chi connectivity index (χ4v) is 5.40. The maximum Gasteiger partial charge on any atom is 0.410 e. The topological polar surface area (TPSA) is 86.7 Å². The number of ether oxygens (including phenoxy) is 5. The zero-order valence-electron chi connectivity index (χ0n) is 21.3. The summed E-state index contributed by atoms with van der Waals surface area (Å²) in [7, 11) is 2.91. The number of carbonyl (C=O) groups is 1. The molecule has 3 fully saturated rings. The summed E-state index contributed by atoms with van der Waals surface area (Å²) in [6, 6.07) is 2.92. The van der Waals surface area contributed by atoms with Gasteiger partial charge < -0.3 is 28.8 Å². The van der Waals surface area contributed by atoms with E-state index in [1.54, 1.807) is 39.5 Å². The van der Waals surface area contributed by atoms with Gasteiger partial charge in [-0.15, -0.1) is 0 Å². The van der Waals surface area contributed by atoms with Crippen molar-refractivity contribution in [3.63, 3.8) is 0 Å². The largest absolute Gasteiger partial charge is 0.444 e. The van der Waals surface area contributed by atoms with Crippen molar-refractivity contribution in [2.75, 3.05) is 20.8 Å². The average molecular weight is 500 g/mol. The van der Waals surface area contributed by atoms with E-state index in [0.717, 1.165) is 18.2 Å². The molecule has 8 nitrogen and oxygen atoms in total. The second-order valence-electron chi connectivity index (χ2n) is 10.9. The van der Waals surface area contributed by atoms with Crippen LogP contribution in [0.2, 0.25) is 0 Å². The second kappa shape index (κ2) is 8.62. The molecule has 2 heterocycles. The van der Waals surface area contributed by atoms with Gasteiger partial charge in [-0.05, 0) is 65.2 Å². The first kappa shape index (κ1) is 26.2. The number of methoxy groups -OCH3 is 2. The van der Waals surface area contributed by atoms with Gasteiger partial charge in [-0.3, -0.25) is 4.90 Å². The van der Waals surface area contributed by atoms with Crippen LogP contribution in [0, 0.1) is 17.6 Å². The molecule has 1 aromatic rings. The molecule has 196 valence electrons. The van der Waals surface area contributed by atoms with Crippen molar-refractivity contribution >= 4 is 6.09 Å². The van der Waals surface area contributed by atoms with Crippen molar-refractivity contribution in [3.8, 4) is 0 Å². The van der Waals surface area contributed by atoms with E-state index >= 15 is 0 Å². The van der Waals surface area contributed by atoms with Gasteiger partial charge in [0.05, 0.1) is 24.3 Å². The minimum absolute atomic E-state index is 0.0476. The van der Waals surface area contributed by atoms with Gasteiger partial charge in [-0.25, -0.2) is 13.6 Å². The van der Waals surface area contributed by atoms with E-state index < -0.39 is 64.7 Å².